The van der Waals surface area contributed by atoms with Crippen LogP contribution in [0.2, 0.25) is 0 Å². The summed E-state index contributed by atoms with van der Waals surface area (Å²) in [4.78, 5) is 38.7. The van der Waals surface area contributed by atoms with Gasteiger partial charge in [0.2, 0.25) is 5.43 Å². The van der Waals surface area contributed by atoms with Crippen LogP contribution in [0.4, 0.5) is 13.2 Å². The van der Waals surface area contributed by atoms with Gasteiger partial charge in [-0.25, -0.2) is 0 Å². The summed E-state index contributed by atoms with van der Waals surface area (Å²) in [6.07, 6.45) is 4.94. The van der Waals surface area contributed by atoms with Crippen molar-refractivity contribution >= 4 is 11.8 Å². The van der Waals surface area contributed by atoms with Gasteiger partial charge >= 0.3 is 6.36 Å². The van der Waals surface area contributed by atoms with Gasteiger partial charge in [0.05, 0.1) is 0 Å². The molecule has 182 valence electrons. The predicted molar refractivity (Wildman–Crippen MR) is 118 cm³/mol. The summed E-state index contributed by atoms with van der Waals surface area (Å²) in [6, 6.07) is 5.23. The van der Waals surface area contributed by atoms with E-state index in [2.05, 4.69) is 15.4 Å². The molecule has 0 saturated heterocycles. The summed E-state index contributed by atoms with van der Waals surface area (Å²) < 4.78 is 42.5. The van der Waals surface area contributed by atoms with Crippen LogP contribution >= 0.6 is 0 Å². The minimum absolute atomic E-state index is 0.00744. The predicted octanol–water partition coefficient (Wildman–Crippen LogP) is 4.07. The van der Waals surface area contributed by atoms with Crippen LogP contribution in [-0.2, 0) is 6.54 Å². The zero-order chi connectivity index (χ0) is 24.3. The fraction of sp³-hybridized carbons (Fsp3) is 0.458. The van der Waals surface area contributed by atoms with Crippen molar-refractivity contribution in [3.63, 3.8) is 0 Å². The number of benzene rings is 1. The SMILES string of the molecule is O=C(NCc1ccc(OC(F)(F)F)cc1)c1cn(C2CC2)cc(C(=O)NC2CCCCC2)c1=O. The van der Waals surface area contributed by atoms with Crippen molar-refractivity contribution in [2.45, 2.75) is 69.9 Å². The first-order chi connectivity index (χ1) is 16.2. The van der Waals surface area contributed by atoms with Crippen LogP contribution in [0.3, 0.4) is 0 Å². The summed E-state index contributed by atoms with van der Waals surface area (Å²) in [7, 11) is 0. The maximum atomic E-state index is 13.0. The smallest absolute Gasteiger partial charge is 0.406 e. The molecule has 2 fully saturated rings. The lowest BCUT2D eigenvalue weighted by molar-refractivity contribution is -0.274. The molecule has 10 heteroatoms. The van der Waals surface area contributed by atoms with Gasteiger partial charge in [0.15, 0.2) is 0 Å². The Bertz CT molecular complexity index is 1100. The lowest BCUT2D eigenvalue weighted by Gasteiger charge is -2.23. The van der Waals surface area contributed by atoms with E-state index in [0.717, 1.165) is 57.1 Å². The molecule has 2 aliphatic rings. The zero-order valence-corrected chi connectivity index (χ0v) is 18.5. The number of hydrogen-bond acceptors (Lipinski definition) is 4. The number of nitrogens with one attached hydrogen (secondary N) is 2. The quantitative estimate of drug-likeness (QED) is 0.629. The lowest BCUT2D eigenvalue weighted by atomic mass is 9.95. The van der Waals surface area contributed by atoms with Gasteiger partial charge in [-0.05, 0) is 43.4 Å². The summed E-state index contributed by atoms with van der Waals surface area (Å²) in [6.45, 7) is -0.00744. The molecule has 0 unspecified atom stereocenters. The molecule has 2 N–H and O–H groups in total. The van der Waals surface area contributed by atoms with Gasteiger partial charge in [-0.15, -0.1) is 13.2 Å². The third-order valence-electron chi connectivity index (χ3n) is 6.05. The average Bonchev–Trinajstić information content (AvgIpc) is 3.64. The monoisotopic (exact) mass is 477 g/mol. The van der Waals surface area contributed by atoms with E-state index >= 15 is 0 Å². The van der Waals surface area contributed by atoms with E-state index < -0.39 is 23.6 Å². The summed E-state index contributed by atoms with van der Waals surface area (Å²) in [5, 5.41) is 5.54. The molecule has 2 amide bonds. The van der Waals surface area contributed by atoms with Gasteiger partial charge in [-0.2, -0.15) is 0 Å². The average molecular weight is 477 g/mol. The van der Waals surface area contributed by atoms with Gasteiger partial charge in [-0.3, -0.25) is 14.4 Å². The molecule has 0 spiro atoms. The van der Waals surface area contributed by atoms with Crippen molar-refractivity contribution in [1.29, 1.82) is 0 Å². The number of carbonyl (C=O) groups excluding carboxylic acids is 2. The topological polar surface area (TPSA) is 89.4 Å². The Labute approximate surface area is 194 Å². The van der Waals surface area contributed by atoms with Gasteiger partial charge in [0.1, 0.15) is 16.9 Å². The maximum absolute atomic E-state index is 13.0. The fourth-order valence-corrected chi connectivity index (χ4v) is 4.10. The van der Waals surface area contributed by atoms with Crippen LogP contribution in [-0.4, -0.2) is 28.8 Å². The first-order valence-corrected chi connectivity index (χ1v) is 11.4. The Hall–Kier alpha value is -3.30. The molecular formula is C24H26F3N3O4. The highest BCUT2D eigenvalue weighted by molar-refractivity contribution is 5.99. The lowest BCUT2D eigenvalue weighted by Crippen LogP contribution is -2.40. The van der Waals surface area contributed by atoms with E-state index in [1.165, 1.54) is 24.5 Å². The normalized spacial score (nSPS) is 16.7. The minimum atomic E-state index is -4.79. The van der Waals surface area contributed by atoms with Crippen LogP contribution in [0.15, 0.2) is 41.5 Å². The number of carbonyl (C=O) groups is 2. The number of halogens is 3. The molecule has 34 heavy (non-hydrogen) atoms. The van der Waals surface area contributed by atoms with Crippen molar-refractivity contribution < 1.29 is 27.5 Å². The van der Waals surface area contributed by atoms with E-state index in [1.54, 1.807) is 4.57 Å². The molecule has 1 aromatic heterocycles. The minimum Gasteiger partial charge on any atom is -0.406 e. The number of rotatable bonds is 7. The molecule has 7 nitrogen and oxygen atoms in total. The number of amides is 2. The maximum Gasteiger partial charge on any atom is 0.573 e. The molecule has 0 aliphatic heterocycles. The molecule has 0 radical (unpaired) electrons. The zero-order valence-electron chi connectivity index (χ0n) is 18.5. The van der Waals surface area contributed by atoms with Crippen LogP contribution in [0, 0.1) is 0 Å². The fourth-order valence-electron chi connectivity index (χ4n) is 4.10. The molecule has 1 aromatic carbocycles. The number of nitrogens with zero attached hydrogens (tertiary/aromatic N) is 1. The summed E-state index contributed by atoms with van der Waals surface area (Å²) in [5.74, 6) is -1.49. The van der Waals surface area contributed by atoms with Gasteiger partial charge < -0.3 is 19.9 Å². The first-order valence-electron chi connectivity index (χ1n) is 11.4. The number of aromatic nitrogens is 1. The Morgan fingerprint density at radius 2 is 1.56 bits per heavy atom. The Kier molecular flexibility index (Phi) is 6.95. The van der Waals surface area contributed by atoms with E-state index in [9.17, 15) is 27.6 Å². The summed E-state index contributed by atoms with van der Waals surface area (Å²) >= 11 is 0. The van der Waals surface area contributed by atoms with Crippen LogP contribution < -0.4 is 20.8 Å². The van der Waals surface area contributed by atoms with Gasteiger partial charge in [0.25, 0.3) is 11.8 Å². The van der Waals surface area contributed by atoms with Crippen molar-refractivity contribution in [1.82, 2.24) is 15.2 Å². The molecule has 2 saturated carbocycles. The van der Waals surface area contributed by atoms with Crippen molar-refractivity contribution in [2.75, 3.05) is 0 Å². The third-order valence-corrected chi connectivity index (χ3v) is 6.05. The van der Waals surface area contributed by atoms with Crippen LogP contribution in [0.5, 0.6) is 5.75 Å². The molecule has 2 aliphatic carbocycles. The highest BCUT2D eigenvalue weighted by atomic mass is 19.4. The van der Waals surface area contributed by atoms with Gasteiger partial charge in [0, 0.05) is 31.0 Å². The Morgan fingerprint density at radius 3 is 2.15 bits per heavy atom. The van der Waals surface area contributed by atoms with E-state index in [0.29, 0.717) is 5.56 Å². The first kappa shape index (κ1) is 23.8. The molecule has 0 bridgehead atoms. The van der Waals surface area contributed by atoms with Crippen LogP contribution in [0.25, 0.3) is 0 Å². The standard InChI is InChI=1S/C24H26F3N3O4/c25-24(26,27)34-18-10-6-15(7-11-18)12-28-22(32)19-13-30(17-8-9-17)14-20(21(19)31)23(33)29-16-4-2-1-3-5-16/h6-7,10-11,13-14,16-17H,1-5,8-9,12H2,(H,28,32)(H,29,33). The molecule has 1 heterocycles. The van der Waals surface area contributed by atoms with Gasteiger partial charge in [-0.1, -0.05) is 31.4 Å². The largest absolute Gasteiger partial charge is 0.573 e. The molecule has 4 rings (SSSR count). The molecule has 2 aromatic rings. The van der Waals surface area contributed by atoms with Crippen LogP contribution in [0.1, 0.15) is 77.3 Å². The highest BCUT2D eigenvalue weighted by Crippen LogP contribution is 2.34. The highest BCUT2D eigenvalue weighted by Gasteiger charge is 2.31. The number of alkyl halides is 3. The molecule has 0 atom stereocenters. The number of pyridine rings is 1. The Balaban J connectivity index is 1.47. The number of ether oxygens (including phenoxy) is 1. The van der Waals surface area contributed by atoms with E-state index in [1.807, 2.05) is 0 Å². The summed E-state index contributed by atoms with van der Waals surface area (Å²) in [5.41, 5.74) is -0.313. The van der Waals surface area contributed by atoms with Crippen molar-refractivity contribution in [3.05, 3.63) is 63.6 Å². The second kappa shape index (κ2) is 9.90. The van der Waals surface area contributed by atoms with Crippen molar-refractivity contribution in [3.8, 4) is 5.75 Å². The Morgan fingerprint density at radius 1 is 0.941 bits per heavy atom. The number of hydrogen-bond donors (Lipinski definition) is 2. The third kappa shape index (κ3) is 6.18. The second-order valence-electron chi connectivity index (χ2n) is 8.78. The van der Waals surface area contributed by atoms with Crippen molar-refractivity contribution in [2.24, 2.45) is 0 Å². The molecular weight excluding hydrogens is 451 g/mol. The second-order valence-corrected chi connectivity index (χ2v) is 8.78. The van der Waals surface area contributed by atoms with E-state index in [-0.39, 0.29) is 35.5 Å². The van der Waals surface area contributed by atoms with E-state index in [4.69, 9.17) is 0 Å².